The standard InChI is InChI=1S/C15H10BrFN2O/c16-12-5-4-10(8-13(12)17)19-15(20)11-3-1-2-9-6-7-18-14(9)11/h1-8,18H,(H,19,20). The Labute approximate surface area is 122 Å². The minimum Gasteiger partial charge on any atom is -0.361 e. The third-order valence-electron chi connectivity index (χ3n) is 3.01. The first-order valence-corrected chi connectivity index (χ1v) is 6.77. The summed E-state index contributed by atoms with van der Waals surface area (Å²) < 4.78 is 13.8. The maximum absolute atomic E-state index is 13.4. The number of aromatic nitrogens is 1. The Hall–Kier alpha value is -2.14. The van der Waals surface area contributed by atoms with Gasteiger partial charge in [-0.25, -0.2) is 4.39 Å². The first-order valence-electron chi connectivity index (χ1n) is 5.97. The zero-order chi connectivity index (χ0) is 14.1. The van der Waals surface area contributed by atoms with Gasteiger partial charge in [-0.3, -0.25) is 4.79 Å². The molecular formula is C15H10BrFN2O. The van der Waals surface area contributed by atoms with Crippen LogP contribution in [-0.2, 0) is 0 Å². The van der Waals surface area contributed by atoms with Gasteiger partial charge in [-0.05, 0) is 46.3 Å². The van der Waals surface area contributed by atoms with Gasteiger partial charge in [-0.15, -0.1) is 0 Å². The van der Waals surface area contributed by atoms with E-state index in [1.54, 1.807) is 24.4 Å². The van der Waals surface area contributed by atoms with Crippen LogP contribution in [0.3, 0.4) is 0 Å². The van der Waals surface area contributed by atoms with Gasteiger partial charge in [0.25, 0.3) is 5.91 Å². The normalized spacial score (nSPS) is 10.7. The molecule has 0 fully saturated rings. The molecule has 20 heavy (non-hydrogen) atoms. The summed E-state index contributed by atoms with van der Waals surface area (Å²) in [6, 6.07) is 11.8. The van der Waals surface area contributed by atoms with Gasteiger partial charge in [0, 0.05) is 17.3 Å². The summed E-state index contributed by atoms with van der Waals surface area (Å²) in [5.74, 6) is -0.694. The third-order valence-corrected chi connectivity index (χ3v) is 3.65. The largest absolute Gasteiger partial charge is 0.361 e. The van der Waals surface area contributed by atoms with Crippen molar-refractivity contribution in [3.63, 3.8) is 0 Å². The van der Waals surface area contributed by atoms with Crippen LogP contribution in [0, 0.1) is 5.82 Å². The lowest BCUT2D eigenvalue weighted by Crippen LogP contribution is -2.12. The van der Waals surface area contributed by atoms with E-state index in [1.807, 2.05) is 18.2 Å². The van der Waals surface area contributed by atoms with Crippen LogP contribution < -0.4 is 5.32 Å². The number of benzene rings is 2. The minimum absolute atomic E-state index is 0.278. The molecule has 3 rings (SSSR count). The second-order valence-electron chi connectivity index (χ2n) is 4.33. The molecule has 1 heterocycles. The van der Waals surface area contributed by atoms with E-state index in [1.165, 1.54) is 6.07 Å². The van der Waals surface area contributed by atoms with Crippen molar-refractivity contribution in [1.29, 1.82) is 0 Å². The molecule has 1 amide bonds. The highest BCUT2D eigenvalue weighted by atomic mass is 79.9. The average Bonchev–Trinajstić information content (AvgIpc) is 2.91. The number of anilines is 1. The second-order valence-corrected chi connectivity index (χ2v) is 5.18. The van der Waals surface area contributed by atoms with Gasteiger partial charge in [0.15, 0.2) is 0 Å². The monoisotopic (exact) mass is 332 g/mol. The van der Waals surface area contributed by atoms with E-state index in [0.29, 0.717) is 15.7 Å². The zero-order valence-electron chi connectivity index (χ0n) is 10.3. The van der Waals surface area contributed by atoms with Crippen LogP contribution in [0.5, 0.6) is 0 Å². The number of halogens is 2. The molecular weight excluding hydrogens is 323 g/mol. The van der Waals surface area contributed by atoms with Crippen LogP contribution in [0.25, 0.3) is 10.9 Å². The summed E-state index contributed by atoms with van der Waals surface area (Å²) in [6.07, 6.45) is 1.78. The van der Waals surface area contributed by atoms with Crippen molar-refractivity contribution < 1.29 is 9.18 Å². The number of carbonyl (C=O) groups excluding carboxylic acids is 1. The Morgan fingerprint density at radius 2 is 2.05 bits per heavy atom. The van der Waals surface area contributed by atoms with Gasteiger partial charge in [0.05, 0.1) is 15.6 Å². The van der Waals surface area contributed by atoms with E-state index in [-0.39, 0.29) is 5.91 Å². The van der Waals surface area contributed by atoms with Crippen molar-refractivity contribution in [2.45, 2.75) is 0 Å². The van der Waals surface area contributed by atoms with Crippen LogP contribution in [-0.4, -0.2) is 10.9 Å². The van der Waals surface area contributed by atoms with Crippen molar-refractivity contribution in [2.24, 2.45) is 0 Å². The average molecular weight is 333 g/mol. The molecule has 3 aromatic rings. The number of H-pyrrole nitrogens is 1. The molecule has 0 saturated heterocycles. The summed E-state index contributed by atoms with van der Waals surface area (Å²) >= 11 is 3.08. The highest BCUT2D eigenvalue weighted by molar-refractivity contribution is 9.10. The fraction of sp³-hybridized carbons (Fsp3) is 0. The van der Waals surface area contributed by atoms with Gasteiger partial charge in [-0.2, -0.15) is 0 Å². The Morgan fingerprint density at radius 1 is 1.20 bits per heavy atom. The Kier molecular flexibility index (Phi) is 3.28. The lowest BCUT2D eigenvalue weighted by atomic mass is 10.1. The van der Waals surface area contributed by atoms with Gasteiger partial charge in [-0.1, -0.05) is 12.1 Å². The molecule has 3 nitrogen and oxygen atoms in total. The number of carbonyl (C=O) groups is 1. The van der Waals surface area contributed by atoms with Gasteiger partial charge < -0.3 is 10.3 Å². The highest BCUT2D eigenvalue weighted by Crippen LogP contribution is 2.21. The van der Waals surface area contributed by atoms with Crippen molar-refractivity contribution in [1.82, 2.24) is 4.98 Å². The highest BCUT2D eigenvalue weighted by Gasteiger charge is 2.11. The van der Waals surface area contributed by atoms with E-state index in [9.17, 15) is 9.18 Å². The van der Waals surface area contributed by atoms with E-state index in [4.69, 9.17) is 0 Å². The number of para-hydroxylation sites is 1. The Balaban J connectivity index is 1.93. The van der Waals surface area contributed by atoms with Crippen LogP contribution in [0.15, 0.2) is 53.1 Å². The number of aromatic amines is 1. The zero-order valence-corrected chi connectivity index (χ0v) is 11.9. The smallest absolute Gasteiger partial charge is 0.257 e. The number of nitrogens with one attached hydrogen (secondary N) is 2. The number of amides is 1. The summed E-state index contributed by atoms with van der Waals surface area (Å²) in [5.41, 5.74) is 1.71. The lowest BCUT2D eigenvalue weighted by molar-refractivity contribution is 0.102. The summed E-state index contributed by atoms with van der Waals surface area (Å²) in [6.45, 7) is 0. The van der Waals surface area contributed by atoms with E-state index in [2.05, 4.69) is 26.2 Å². The molecule has 5 heteroatoms. The van der Waals surface area contributed by atoms with Gasteiger partial charge in [0.2, 0.25) is 0 Å². The number of hydrogen-bond acceptors (Lipinski definition) is 1. The van der Waals surface area contributed by atoms with Gasteiger partial charge >= 0.3 is 0 Å². The Morgan fingerprint density at radius 3 is 2.85 bits per heavy atom. The van der Waals surface area contributed by atoms with Crippen molar-refractivity contribution >= 4 is 38.4 Å². The molecule has 0 saturated carbocycles. The second kappa shape index (κ2) is 5.09. The van der Waals surface area contributed by atoms with Crippen LogP contribution in [0.1, 0.15) is 10.4 Å². The van der Waals surface area contributed by atoms with E-state index in [0.717, 1.165) is 10.9 Å². The topological polar surface area (TPSA) is 44.9 Å². The van der Waals surface area contributed by atoms with Gasteiger partial charge in [0.1, 0.15) is 5.82 Å². The molecule has 0 unspecified atom stereocenters. The summed E-state index contributed by atoms with van der Waals surface area (Å²) in [5, 5.41) is 3.65. The van der Waals surface area contributed by atoms with Crippen LogP contribution in [0.2, 0.25) is 0 Å². The predicted molar refractivity (Wildman–Crippen MR) is 80.4 cm³/mol. The molecule has 2 aromatic carbocycles. The molecule has 2 N–H and O–H groups in total. The fourth-order valence-electron chi connectivity index (χ4n) is 2.05. The van der Waals surface area contributed by atoms with Crippen molar-refractivity contribution in [2.75, 3.05) is 5.32 Å². The number of fused-ring (bicyclic) bond motifs is 1. The molecule has 100 valence electrons. The predicted octanol–water partition coefficient (Wildman–Crippen LogP) is 4.32. The first-order chi connectivity index (χ1) is 9.65. The third kappa shape index (κ3) is 2.32. The van der Waals surface area contributed by atoms with Crippen molar-refractivity contribution in [3.05, 3.63) is 64.5 Å². The molecule has 0 atom stereocenters. The minimum atomic E-state index is -0.416. The number of hydrogen-bond donors (Lipinski definition) is 2. The molecule has 0 radical (unpaired) electrons. The number of rotatable bonds is 2. The molecule has 0 aliphatic heterocycles. The Bertz CT molecular complexity index is 797. The quantitative estimate of drug-likeness (QED) is 0.721. The SMILES string of the molecule is O=C(Nc1ccc(Br)c(F)c1)c1cccc2cc[nH]c12. The van der Waals surface area contributed by atoms with E-state index < -0.39 is 5.82 Å². The summed E-state index contributed by atoms with van der Waals surface area (Å²) in [7, 11) is 0. The molecule has 1 aromatic heterocycles. The molecule has 0 bridgehead atoms. The summed E-state index contributed by atoms with van der Waals surface area (Å²) in [4.78, 5) is 15.3. The maximum Gasteiger partial charge on any atom is 0.257 e. The maximum atomic E-state index is 13.4. The van der Waals surface area contributed by atoms with E-state index >= 15 is 0 Å². The fourth-order valence-corrected chi connectivity index (χ4v) is 2.29. The lowest BCUT2D eigenvalue weighted by Gasteiger charge is -2.07. The van der Waals surface area contributed by atoms with Crippen LogP contribution in [0.4, 0.5) is 10.1 Å². The first kappa shape index (κ1) is 12.9. The molecule has 0 aliphatic carbocycles. The molecule has 0 spiro atoms. The van der Waals surface area contributed by atoms with Crippen molar-refractivity contribution in [3.8, 4) is 0 Å². The van der Waals surface area contributed by atoms with Crippen LogP contribution >= 0.6 is 15.9 Å². The molecule has 0 aliphatic rings.